The maximum atomic E-state index is 13.0. The Hall–Kier alpha value is -2.25. The second-order valence-corrected chi connectivity index (χ2v) is 7.81. The molecule has 24 heavy (non-hydrogen) atoms. The fourth-order valence-corrected chi connectivity index (χ4v) is 4.68. The van der Waals surface area contributed by atoms with E-state index in [0.29, 0.717) is 10.3 Å². The van der Waals surface area contributed by atoms with Crippen molar-refractivity contribution in [3.05, 3.63) is 49.1 Å². The number of piperidine rings is 1. The molecule has 1 N–H and O–H groups in total. The summed E-state index contributed by atoms with van der Waals surface area (Å²) >= 11 is 0. The third kappa shape index (κ3) is 2.50. The Labute approximate surface area is 140 Å². The lowest BCUT2D eigenvalue weighted by Crippen LogP contribution is -2.29. The molecule has 0 radical (unpaired) electrons. The maximum Gasteiger partial charge on any atom is 0.225 e. The standard InChI is InChI=1S/C17H18N4O2S/c22-24(23,17-3-1-2-7-20-17)16-12-21(13-4-8-18-9-5-13)15-11-19-10-6-14(15)16/h1-3,6-7,10-13,18H,4-5,8-9H2. The van der Waals surface area contributed by atoms with Crippen LogP contribution in [0, 0.1) is 0 Å². The van der Waals surface area contributed by atoms with E-state index in [9.17, 15) is 8.42 Å². The first-order valence-corrected chi connectivity index (χ1v) is 9.47. The quantitative estimate of drug-likeness (QED) is 0.789. The van der Waals surface area contributed by atoms with Gasteiger partial charge in [0.05, 0.1) is 16.6 Å². The van der Waals surface area contributed by atoms with E-state index in [1.54, 1.807) is 36.8 Å². The van der Waals surface area contributed by atoms with Crippen LogP contribution in [-0.2, 0) is 9.84 Å². The molecule has 3 aromatic rings. The van der Waals surface area contributed by atoms with Crippen molar-refractivity contribution in [1.29, 1.82) is 0 Å². The van der Waals surface area contributed by atoms with Gasteiger partial charge in [0.25, 0.3) is 0 Å². The first-order valence-electron chi connectivity index (χ1n) is 7.99. The predicted octanol–water partition coefficient (Wildman–Crippen LogP) is 2.19. The van der Waals surface area contributed by atoms with Gasteiger partial charge in [-0.2, -0.15) is 0 Å². The van der Waals surface area contributed by atoms with Gasteiger partial charge >= 0.3 is 0 Å². The molecule has 7 heteroatoms. The highest BCUT2D eigenvalue weighted by molar-refractivity contribution is 7.91. The van der Waals surface area contributed by atoms with E-state index in [0.717, 1.165) is 31.4 Å². The summed E-state index contributed by atoms with van der Waals surface area (Å²) in [6, 6.07) is 6.98. The van der Waals surface area contributed by atoms with Crippen LogP contribution in [-0.4, -0.2) is 36.0 Å². The lowest BCUT2D eigenvalue weighted by molar-refractivity contribution is 0.375. The number of rotatable bonds is 3. The molecule has 1 saturated heterocycles. The van der Waals surface area contributed by atoms with Gasteiger partial charge in [-0.1, -0.05) is 6.07 Å². The van der Waals surface area contributed by atoms with Crippen LogP contribution in [0.1, 0.15) is 18.9 Å². The molecule has 0 amide bonds. The molecular formula is C17H18N4O2S. The number of nitrogens with one attached hydrogen (secondary N) is 1. The molecule has 0 saturated carbocycles. The molecule has 0 aromatic carbocycles. The highest BCUT2D eigenvalue weighted by Crippen LogP contribution is 2.33. The zero-order valence-electron chi connectivity index (χ0n) is 13.1. The van der Waals surface area contributed by atoms with Crippen LogP contribution in [0.2, 0.25) is 0 Å². The Morgan fingerprint density at radius 3 is 2.71 bits per heavy atom. The van der Waals surface area contributed by atoms with Crippen LogP contribution in [0.15, 0.2) is 59.0 Å². The monoisotopic (exact) mass is 342 g/mol. The average Bonchev–Trinajstić information content (AvgIpc) is 3.04. The van der Waals surface area contributed by atoms with E-state index in [1.165, 1.54) is 12.3 Å². The molecule has 0 aliphatic carbocycles. The van der Waals surface area contributed by atoms with Gasteiger partial charge in [-0.15, -0.1) is 0 Å². The number of sulfone groups is 1. The molecular weight excluding hydrogens is 324 g/mol. The SMILES string of the molecule is O=S(=O)(c1ccccn1)c1cn(C2CCNCC2)c2cnccc12. The van der Waals surface area contributed by atoms with Gasteiger partial charge in [0, 0.05) is 30.0 Å². The van der Waals surface area contributed by atoms with Crippen molar-refractivity contribution >= 4 is 20.7 Å². The Morgan fingerprint density at radius 1 is 1.12 bits per heavy atom. The average molecular weight is 342 g/mol. The first-order chi connectivity index (χ1) is 11.7. The largest absolute Gasteiger partial charge is 0.342 e. The third-order valence-electron chi connectivity index (χ3n) is 4.50. The third-order valence-corrected chi connectivity index (χ3v) is 6.20. The number of nitrogens with zero attached hydrogens (tertiary/aromatic N) is 3. The van der Waals surface area contributed by atoms with Gasteiger partial charge in [0.2, 0.25) is 9.84 Å². The van der Waals surface area contributed by atoms with Gasteiger partial charge < -0.3 is 9.88 Å². The minimum atomic E-state index is -3.66. The highest BCUT2D eigenvalue weighted by atomic mass is 32.2. The molecule has 124 valence electrons. The lowest BCUT2D eigenvalue weighted by atomic mass is 10.1. The van der Waals surface area contributed by atoms with E-state index in [4.69, 9.17) is 0 Å². The molecule has 1 fully saturated rings. The fourth-order valence-electron chi connectivity index (χ4n) is 3.29. The van der Waals surface area contributed by atoms with Crippen molar-refractivity contribution in [3.63, 3.8) is 0 Å². The Balaban J connectivity index is 1.90. The summed E-state index contributed by atoms with van der Waals surface area (Å²) < 4.78 is 28.1. The number of hydrogen-bond donors (Lipinski definition) is 1. The summed E-state index contributed by atoms with van der Waals surface area (Å²) in [6.07, 6.45) is 8.58. The van der Waals surface area contributed by atoms with Crippen LogP contribution in [0.5, 0.6) is 0 Å². The van der Waals surface area contributed by atoms with E-state index in [-0.39, 0.29) is 11.1 Å². The first kappa shape index (κ1) is 15.3. The summed E-state index contributed by atoms with van der Waals surface area (Å²) in [4.78, 5) is 8.53. The van der Waals surface area contributed by atoms with Crippen LogP contribution in [0.25, 0.3) is 10.9 Å². The molecule has 4 rings (SSSR count). The Morgan fingerprint density at radius 2 is 1.96 bits per heavy atom. The zero-order chi connectivity index (χ0) is 16.6. The van der Waals surface area contributed by atoms with Crippen molar-refractivity contribution in [2.75, 3.05) is 13.1 Å². The van der Waals surface area contributed by atoms with Crippen LogP contribution in [0.3, 0.4) is 0 Å². The summed E-state index contributed by atoms with van der Waals surface area (Å²) in [5, 5.41) is 4.12. The second kappa shape index (κ2) is 5.99. The van der Waals surface area contributed by atoms with Crippen molar-refractivity contribution < 1.29 is 8.42 Å². The predicted molar refractivity (Wildman–Crippen MR) is 90.6 cm³/mol. The van der Waals surface area contributed by atoms with E-state index < -0.39 is 9.84 Å². The van der Waals surface area contributed by atoms with Gasteiger partial charge in [0.1, 0.15) is 0 Å². The van der Waals surface area contributed by atoms with E-state index in [2.05, 4.69) is 19.9 Å². The number of fused-ring (bicyclic) bond motifs is 1. The zero-order valence-corrected chi connectivity index (χ0v) is 13.9. The summed E-state index contributed by atoms with van der Waals surface area (Å²) in [5.41, 5.74) is 0.860. The van der Waals surface area contributed by atoms with Gasteiger partial charge in [-0.3, -0.25) is 4.98 Å². The maximum absolute atomic E-state index is 13.0. The van der Waals surface area contributed by atoms with Crippen LogP contribution in [0.4, 0.5) is 0 Å². The van der Waals surface area contributed by atoms with E-state index >= 15 is 0 Å². The lowest BCUT2D eigenvalue weighted by Gasteiger charge is -2.24. The van der Waals surface area contributed by atoms with E-state index in [1.807, 2.05) is 0 Å². The molecule has 3 aromatic heterocycles. The Kier molecular flexibility index (Phi) is 3.82. The Bertz CT molecular complexity index is 961. The topological polar surface area (TPSA) is 76.9 Å². The van der Waals surface area contributed by atoms with Crippen LogP contribution < -0.4 is 5.32 Å². The van der Waals surface area contributed by atoms with Crippen molar-refractivity contribution in [3.8, 4) is 0 Å². The summed E-state index contributed by atoms with van der Waals surface area (Å²) in [7, 11) is -3.66. The van der Waals surface area contributed by atoms with Gasteiger partial charge in [-0.05, 0) is 44.1 Å². The molecule has 0 bridgehead atoms. The molecule has 4 heterocycles. The normalized spacial score (nSPS) is 16.5. The van der Waals surface area contributed by atoms with Crippen LogP contribution >= 0.6 is 0 Å². The number of aromatic nitrogens is 3. The molecule has 6 nitrogen and oxygen atoms in total. The van der Waals surface area contributed by atoms with Crippen molar-refractivity contribution in [1.82, 2.24) is 19.9 Å². The molecule has 0 unspecified atom stereocenters. The molecule has 1 aliphatic heterocycles. The van der Waals surface area contributed by atoms with Gasteiger partial charge in [-0.25, -0.2) is 13.4 Å². The molecule has 0 atom stereocenters. The number of pyridine rings is 2. The second-order valence-electron chi connectivity index (χ2n) is 5.95. The van der Waals surface area contributed by atoms with Crippen molar-refractivity contribution in [2.45, 2.75) is 28.8 Å². The van der Waals surface area contributed by atoms with Gasteiger partial charge in [0.15, 0.2) is 5.03 Å². The fraction of sp³-hybridized carbons (Fsp3) is 0.294. The highest BCUT2D eigenvalue weighted by Gasteiger charge is 2.27. The summed E-state index contributed by atoms with van der Waals surface area (Å²) in [6.45, 7) is 1.87. The minimum absolute atomic E-state index is 0.0752. The number of hydrogen-bond acceptors (Lipinski definition) is 5. The molecule has 0 spiro atoms. The minimum Gasteiger partial charge on any atom is -0.342 e. The van der Waals surface area contributed by atoms with Crippen molar-refractivity contribution in [2.24, 2.45) is 0 Å². The smallest absolute Gasteiger partial charge is 0.225 e. The summed E-state index contributed by atoms with van der Waals surface area (Å²) in [5.74, 6) is 0. The molecule has 1 aliphatic rings.